The number of rotatable bonds is 11. The molecule has 64 heavy (non-hydrogen) atoms. The van der Waals surface area contributed by atoms with E-state index in [1.165, 1.54) is 94.3 Å². The minimum absolute atomic E-state index is 0.106. The molecule has 0 amide bonds. The number of nitrogens with zero attached hydrogens (tertiary/aromatic N) is 1. The summed E-state index contributed by atoms with van der Waals surface area (Å²) in [6, 6.07) is 79.8. The smallest absolute Gasteiger partial charge is 0.242 e. The minimum Gasteiger partial charge on any atom is -0.311 e. The standard InChI is InChI=1S/C62H54BN/c1-43-39-45(3)61(46(4)40-43)63(62-47(5)41-44(2)42-48(62)6)55-35-31-54(32-36-55)60(52-21-13-8-14-22-52)59(51-19-11-7-12-20-51)53-29-27-49(28-30-53)50-33-37-58(38-34-50)64(56-23-15-9-16-24-56)57-25-17-10-18-26-57/h7-42H,1-6H3/b60-59+. The summed E-state index contributed by atoms with van der Waals surface area (Å²) < 4.78 is 0. The summed E-state index contributed by atoms with van der Waals surface area (Å²) in [5, 5.41) is 0. The van der Waals surface area contributed by atoms with Gasteiger partial charge in [-0.3, -0.25) is 0 Å². The molecular weight excluding hydrogens is 770 g/mol. The highest BCUT2D eigenvalue weighted by atomic mass is 15.1. The van der Waals surface area contributed by atoms with E-state index in [0.717, 1.165) is 17.1 Å². The van der Waals surface area contributed by atoms with Crippen molar-refractivity contribution in [1.82, 2.24) is 0 Å². The first-order valence-corrected chi connectivity index (χ1v) is 22.5. The molecule has 0 fully saturated rings. The highest BCUT2D eigenvalue weighted by Gasteiger charge is 2.29. The summed E-state index contributed by atoms with van der Waals surface area (Å²) in [6.07, 6.45) is 0. The van der Waals surface area contributed by atoms with Crippen LogP contribution in [0.5, 0.6) is 0 Å². The minimum atomic E-state index is 0.106. The Morgan fingerprint density at radius 3 is 0.984 bits per heavy atom. The van der Waals surface area contributed by atoms with Crippen LogP contribution in [0.15, 0.2) is 218 Å². The van der Waals surface area contributed by atoms with Crippen LogP contribution in [0.2, 0.25) is 0 Å². The van der Waals surface area contributed by atoms with Crippen LogP contribution in [0.4, 0.5) is 17.1 Å². The second kappa shape index (κ2) is 18.5. The largest absolute Gasteiger partial charge is 0.311 e. The zero-order valence-corrected chi connectivity index (χ0v) is 37.8. The Hall–Kier alpha value is -7.42. The van der Waals surface area contributed by atoms with Crippen molar-refractivity contribution in [2.45, 2.75) is 41.5 Å². The third-order valence-corrected chi connectivity index (χ3v) is 12.6. The van der Waals surface area contributed by atoms with Crippen molar-refractivity contribution >= 4 is 51.3 Å². The lowest BCUT2D eigenvalue weighted by atomic mass is 9.34. The van der Waals surface area contributed by atoms with Crippen LogP contribution >= 0.6 is 0 Å². The molecule has 0 N–H and O–H groups in total. The molecule has 0 radical (unpaired) electrons. The summed E-state index contributed by atoms with van der Waals surface area (Å²) in [5.74, 6) is 0. The molecule has 0 saturated carbocycles. The van der Waals surface area contributed by atoms with Gasteiger partial charge in [0.25, 0.3) is 0 Å². The average molecular weight is 824 g/mol. The maximum atomic E-state index is 2.38. The highest BCUT2D eigenvalue weighted by Crippen LogP contribution is 2.39. The van der Waals surface area contributed by atoms with E-state index in [9.17, 15) is 0 Å². The van der Waals surface area contributed by atoms with Gasteiger partial charge in [-0.2, -0.15) is 0 Å². The second-order valence-electron chi connectivity index (χ2n) is 17.3. The Morgan fingerprint density at radius 2 is 0.609 bits per heavy atom. The SMILES string of the molecule is Cc1cc(C)c(B(c2ccc(/C(=C(\c3ccccc3)c3ccc(-c4ccc(N(c5ccccc5)c5ccccc5)cc4)cc3)c3ccccc3)cc2)c2c(C)cc(C)cc2C)c(C)c1. The third kappa shape index (κ3) is 8.65. The summed E-state index contributed by atoms with van der Waals surface area (Å²) in [5.41, 5.74) is 24.9. The van der Waals surface area contributed by atoms with Gasteiger partial charge in [0.2, 0.25) is 6.71 Å². The first-order chi connectivity index (χ1) is 31.2. The highest BCUT2D eigenvalue weighted by molar-refractivity contribution is 6.96. The Morgan fingerprint density at radius 1 is 0.312 bits per heavy atom. The van der Waals surface area contributed by atoms with Crippen molar-refractivity contribution in [2.75, 3.05) is 4.90 Å². The number of hydrogen-bond acceptors (Lipinski definition) is 1. The Bertz CT molecular complexity index is 2900. The molecule has 0 atom stereocenters. The van der Waals surface area contributed by atoms with Crippen LogP contribution in [0.25, 0.3) is 22.3 Å². The lowest BCUT2D eigenvalue weighted by molar-refractivity contribution is 1.28. The van der Waals surface area contributed by atoms with Crippen LogP contribution in [-0.2, 0) is 0 Å². The lowest BCUT2D eigenvalue weighted by Gasteiger charge is -2.25. The molecule has 2 heteroatoms. The summed E-state index contributed by atoms with van der Waals surface area (Å²) in [4.78, 5) is 2.30. The Labute approximate surface area is 381 Å². The van der Waals surface area contributed by atoms with Gasteiger partial charge in [-0.25, -0.2) is 0 Å². The normalized spacial score (nSPS) is 11.5. The van der Waals surface area contributed by atoms with Crippen molar-refractivity contribution in [1.29, 1.82) is 0 Å². The molecule has 9 aromatic rings. The van der Waals surface area contributed by atoms with E-state index in [1.54, 1.807) is 0 Å². The maximum Gasteiger partial charge on any atom is 0.242 e. The van der Waals surface area contributed by atoms with E-state index < -0.39 is 0 Å². The molecule has 9 rings (SSSR count). The summed E-state index contributed by atoms with van der Waals surface area (Å²) in [6.45, 7) is 13.6. The predicted molar refractivity (Wildman–Crippen MR) is 277 cm³/mol. The van der Waals surface area contributed by atoms with Gasteiger partial charge in [0.1, 0.15) is 0 Å². The fourth-order valence-electron chi connectivity index (χ4n) is 9.97. The van der Waals surface area contributed by atoms with Gasteiger partial charge in [-0.15, -0.1) is 0 Å². The number of hydrogen-bond donors (Lipinski definition) is 0. The van der Waals surface area contributed by atoms with Gasteiger partial charge in [-0.1, -0.05) is 232 Å². The molecular formula is C62H54BN. The van der Waals surface area contributed by atoms with Crippen molar-refractivity contribution in [3.63, 3.8) is 0 Å². The number of anilines is 3. The van der Waals surface area contributed by atoms with E-state index in [1.807, 2.05) is 0 Å². The molecule has 0 aliphatic carbocycles. The number of benzene rings is 9. The molecule has 0 unspecified atom stereocenters. The van der Waals surface area contributed by atoms with Gasteiger partial charge >= 0.3 is 0 Å². The molecule has 0 bridgehead atoms. The van der Waals surface area contributed by atoms with Gasteiger partial charge in [0.15, 0.2) is 0 Å². The number of aryl methyl sites for hydroxylation is 6. The molecule has 0 aliphatic rings. The van der Waals surface area contributed by atoms with Crippen molar-refractivity contribution in [2.24, 2.45) is 0 Å². The molecule has 0 aromatic heterocycles. The van der Waals surface area contributed by atoms with E-state index in [2.05, 4.69) is 265 Å². The summed E-state index contributed by atoms with van der Waals surface area (Å²) >= 11 is 0. The van der Waals surface area contributed by atoms with Gasteiger partial charge in [-0.05, 0) is 122 Å². The van der Waals surface area contributed by atoms with Crippen LogP contribution in [0, 0.1) is 41.5 Å². The molecule has 0 aliphatic heterocycles. The Balaban J connectivity index is 1.14. The molecule has 1 nitrogen and oxygen atoms in total. The fourth-order valence-corrected chi connectivity index (χ4v) is 9.97. The average Bonchev–Trinajstić information content (AvgIpc) is 3.31. The van der Waals surface area contributed by atoms with Crippen molar-refractivity contribution in [3.8, 4) is 11.1 Å². The van der Waals surface area contributed by atoms with Crippen molar-refractivity contribution < 1.29 is 0 Å². The van der Waals surface area contributed by atoms with E-state index >= 15 is 0 Å². The van der Waals surface area contributed by atoms with Crippen LogP contribution in [-0.4, -0.2) is 6.71 Å². The fraction of sp³-hybridized carbons (Fsp3) is 0.0968. The maximum absolute atomic E-state index is 2.38. The third-order valence-electron chi connectivity index (χ3n) is 12.6. The molecule has 9 aromatic carbocycles. The van der Waals surface area contributed by atoms with Gasteiger partial charge in [0, 0.05) is 17.1 Å². The predicted octanol–water partition coefficient (Wildman–Crippen LogP) is 14.2. The van der Waals surface area contributed by atoms with E-state index in [0.29, 0.717) is 0 Å². The monoisotopic (exact) mass is 823 g/mol. The second-order valence-corrected chi connectivity index (χ2v) is 17.3. The van der Waals surface area contributed by atoms with E-state index in [4.69, 9.17) is 0 Å². The quantitative estimate of drug-likeness (QED) is 0.0928. The van der Waals surface area contributed by atoms with E-state index in [-0.39, 0.29) is 6.71 Å². The number of para-hydroxylation sites is 2. The van der Waals surface area contributed by atoms with Crippen LogP contribution < -0.4 is 21.3 Å². The van der Waals surface area contributed by atoms with Gasteiger partial charge in [0.05, 0.1) is 0 Å². The van der Waals surface area contributed by atoms with Crippen molar-refractivity contribution in [3.05, 3.63) is 274 Å². The Kier molecular flexibility index (Phi) is 12.1. The lowest BCUT2D eigenvalue weighted by Crippen LogP contribution is -2.55. The van der Waals surface area contributed by atoms with Crippen LogP contribution in [0.1, 0.15) is 55.6 Å². The molecule has 0 spiro atoms. The molecule has 310 valence electrons. The molecule has 0 heterocycles. The topological polar surface area (TPSA) is 3.24 Å². The zero-order chi connectivity index (χ0) is 44.2. The molecule has 0 saturated heterocycles. The zero-order valence-electron chi connectivity index (χ0n) is 37.8. The summed E-state index contributed by atoms with van der Waals surface area (Å²) in [7, 11) is 0. The first-order valence-electron chi connectivity index (χ1n) is 22.5. The van der Waals surface area contributed by atoms with Gasteiger partial charge < -0.3 is 4.90 Å². The van der Waals surface area contributed by atoms with Crippen LogP contribution in [0.3, 0.4) is 0 Å². The first kappa shape index (κ1) is 41.9.